The van der Waals surface area contributed by atoms with E-state index < -0.39 is 28.8 Å². The van der Waals surface area contributed by atoms with Gasteiger partial charge in [-0.05, 0) is 19.1 Å². The number of sulfonamides is 1. The van der Waals surface area contributed by atoms with Gasteiger partial charge in [-0.2, -0.15) is 17.5 Å². The first-order valence-corrected chi connectivity index (χ1v) is 7.47. The maximum atomic E-state index is 12.3. The molecule has 9 heteroatoms. The Hall–Kier alpha value is -1.32. The van der Waals surface area contributed by atoms with Crippen molar-refractivity contribution < 1.29 is 31.4 Å². The lowest BCUT2D eigenvalue weighted by molar-refractivity contribution is -0.204. The van der Waals surface area contributed by atoms with E-state index in [2.05, 4.69) is 0 Å². The third-order valence-electron chi connectivity index (χ3n) is 2.63. The van der Waals surface area contributed by atoms with Crippen LogP contribution in [0.4, 0.5) is 13.2 Å². The van der Waals surface area contributed by atoms with Gasteiger partial charge in [0.05, 0.1) is 11.5 Å². The Morgan fingerprint density at radius 3 is 2.52 bits per heavy atom. The SMILES string of the molecule is CCOc1cccc(S(=O)(=O)N(C)CC(O)C(F)(F)F)c1. The van der Waals surface area contributed by atoms with Crippen molar-refractivity contribution >= 4 is 10.0 Å². The lowest BCUT2D eigenvalue weighted by Crippen LogP contribution is -2.41. The third kappa shape index (κ3) is 4.58. The van der Waals surface area contributed by atoms with Gasteiger partial charge < -0.3 is 9.84 Å². The van der Waals surface area contributed by atoms with E-state index in [-0.39, 0.29) is 4.90 Å². The molecule has 1 aromatic carbocycles. The van der Waals surface area contributed by atoms with Gasteiger partial charge in [0.15, 0.2) is 6.10 Å². The number of hydrogen-bond donors (Lipinski definition) is 1. The minimum absolute atomic E-state index is 0.203. The van der Waals surface area contributed by atoms with Crippen LogP contribution < -0.4 is 4.74 Å². The number of hydrogen-bond acceptors (Lipinski definition) is 4. The molecule has 5 nitrogen and oxygen atoms in total. The summed E-state index contributed by atoms with van der Waals surface area (Å²) >= 11 is 0. The summed E-state index contributed by atoms with van der Waals surface area (Å²) in [4.78, 5) is -0.203. The summed E-state index contributed by atoms with van der Waals surface area (Å²) in [5, 5.41) is 8.95. The van der Waals surface area contributed by atoms with Crippen LogP contribution in [0.15, 0.2) is 29.2 Å². The molecule has 0 aliphatic rings. The standard InChI is InChI=1S/C12H16F3NO4S/c1-3-20-9-5-4-6-10(7-9)21(18,19)16(2)8-11(17)12(13,14)15/h4-7,11,17H,3,8H2,1-2H3. The Labute approximate surface area is 121 Å². The van der Waals surface area contributed by atoms with Crippen LogP contribution in [0, 0.1) is 0 Å². The lowest BCUT2D eigenvalue weighted by Gasteiger charge is -2.22. The molecule has 21 heavy (non-hydrogen) atoms. The Bertz CT molecular complexity index is 574. The zero-order valence-electron chi connectivity index (χ0n) is 11.5. The number of halogens is 3. The number of benzene rings is 1. The van der Waals surface area contributed by atoms with Gasteiger partial charge in [0.1, 0.15) is 5.75 Å². The van der Waals surface area contributed by atoms with Gasteiger partial charge in [-0.15, -0.1) is 0 Å². The number of likely N-dealkylation sites (N-methyl/N-ethyl adjacent to an activating group) is 1. The van der Waals surface area contributed by atoms with Crippen LogP contribution in [0.5, 0.6) is 5.75 Å². The fourth-order valence-corrected chi connectivity index (χ4v) is 2.73. The van der Waals surface area contributed by atoms with Crippen LogP contribution in [-0.4, -0.2) is 50.3 Å². The summed E-state index contributed by atoms with van der Waals surface area (Å²) in [7, 11) is -3.17. The van der Waals surface area contributed by atoms with Crippen molar-refractivity contribution in [3.63, 3.8) is 0 Å². The van der Waals surface area contributed by atoms with Crippen LogP contribution in [0.3, 0.4) is 0 Å². The minimum Gasteiger partial charge on any atom is -0.494 e. The summed E-state index contributed by atoms with van der Waals surface area (Å²) in [5.74, 6) is 0.295. The number of rotatable bonds is 6. The molecule has 1 atom stereocenters. The van der Waals surface area contributed by atoms with E-state index in [1.807, 2.05) is 0 Å². The second kappa shape index (κ2) is 6.63. The van der Waals surface area contributed by atoms with E-state index in [9.17, 15) is 21.6 Å². The van der Waals surface area contributed by atoms with Crippen LogP contribution in [0.1, 0.15) is 6.92 Å². The monoisotopic (exact) mass is 327 g/mol. The fourth-order valence-electron chi connectivity index (χ4n) is 1.52. The maximum absolute atomic E-state index is 12.3. The molecular weight excluding hydrogens is 311 g/mol. The van der Waals surface area contributed by atoms with Crippen LogP contribution in [0.25, 0.3) is 0 Å². The second-order valence-corrected chi connectivity index (χ2v) is 6.30. The fraction of sp³-hybridized carbons (Fsp3) is 0.500. The van der Waals surface area contributed by atoms with Crippen molar-refractivity contribution in [3.05, 3.63) is 24.3 Å². The largest absolute Gasteiger partial charge is 0.494 e. The minimum atomic E-state index is -4.88. The molecular formula is C12H16F3NO4S. The highest BCUT2D eigenvalue weighted by atomic mass is 32.2. The maximum Gasteiger partial charge on any atom is 0.415 e. The van der Waals surface area contributed by atoms with Gasteiger partial charge in [-0.3, -0.25) is 0 Å². The summed E-state index contributed by atoms with van der Waals surface area (Å²) in [6, 6.07) is 5.42. The second-order valence-electron chi connectivity index (χ2n) is 4.25. The molecule has 0 bridgehead atoms. The molecule has 0 aromatic heterocycles. The molecule has 1 N–H and O–H groups in total. The van der Waals surface area contributed by atoms with Crippen molar-refractivity contribution in [1.29, 1.82) is 0 Å². The molecule has 1 unspecified atom stereocenters. The van der Waals surface area contributed by atoms with Crippen molar-refractivity contribution in [3.8, 4) is 5.75 Å². The molecule has 0 spiro atoms. The Balaban J connectivity index is 2.97. The highest BCUT2D eigenvalue weighted by molar-refractivity contribution is 7.89. The zero-order chi connectivity index (χ0) is 16.3. The summed E-state index contributed by atoms with van der Waals surface area (Å²) in [6.07, 6.45) is -7.62. The molecule has 0 radical (unpaired) electrons. The van der Waals surface area contributed by atoms with Crippen LogP contribution >= 0.6 is 0 Å². The first-order chi connectivity index (χ1) is 9.59. The van der Waals surface area contributed by atoms with Crippen molar-refractivity contribution in [2.45, 2.75) is 24.1 Å². The molecule has 0 aliphatic carbocycles. The van der Waals surface area contributed by atoms with E-state index in [0.717, 1.165) is 7.05 Å². The van der Waals surface area contributed by atoms with Crippen molar-refractivity contribution in [1.82, 2.24) is 4.31 Å². The first kappa shape index (κ1) is 17.7. The van der Waals surface area contributed by atoms with Crippen molar-refractivity contribution in [2.75, 3.05) is 20.2 Å². The Kier molecular flexibility index (Phi) is 5.60. The normalized spacial score (nSPS) is 14.2. The van der Waals surface area contributed by atoms with E-state index >= 15 is 0 Å². The van der Waals surface area contributed by atoms with Crippen molar-refractivity contribution in [2.24, 2.45) is 0 Å². The predicted molar refractivity (Wildman–Crippen MR) is 69.5 cm³/mol. The molecule has 0 heterocycles. The average molecular weight is 327 g/mol. The summed E-state index contributed by atoms with van der Waals surface area (Å²) in [6.45, 7) is 0.962. The molecule has 120 valence electrons. The molecule has 1 rings (SSSR count). The van der Waals surface area contributed by atoms with Crippen LogP contribution in [-0.2, 0) is 10.0 Å². The Morgan fingerprint density at radius 2 is 2.00 bits per heavy atom. The molecule has 0 aliphatic heterocycles. The number of nitrogens with zero attached hydrogens (tertiary/aromatic N) is 1. The van der Waals surface area contributed by atoms with Crippen LogP contribution in [0.2, 0.25) is 0 Å². The van der Waals surface area contributed by atoms with Gasteiger partial charge >= 0.3 is 6.18 Å². The topological polar surface area (TPSA) is 66.8 Å². The van der Waals surface area contributed by atoms with E-state index in [1.165, 1.54) is 24.3 Å². The Morgan fingerprint density at radius 1 is 1.38 bits per heavy atom. The number of aliphatic hydroxyl groups excluding tert-OH is 1. The first-order valence-electron chi connectivity index (χ1n) is 6.03. The van der Waals surface area contributed by atoms with E-state index in [1.54, 1.807) is 6.92 Å². The highest BCUT2D eigenvalue weighted by Crippen LogP contribution is 2.24. The number of alkyl halides is 3. The summed E-state index contributed by atoms with van der Waals surface area (Å²) in [5.41, 5.74) is 0. The molecule has 0 saturated carbocycles. The predicted octanol–water partition coefficient (Wildman–Crippen LogP) is 1.63. The molecule has 0 amide bonds. The third-order valence-corrected chi connectivity index (χ3v) is 4.45. The van der Waals surface area contributed by atoms with Gasteiger partial charge in [0, 0.05) is 19.7 Å². The zero-order valence-corrected chi connectivity index (χ0v) is 12.3. The smallest absolute Gasteiger partial charge is 0.415 e. The molecule has 1 aromatic rings. The van der Waals surface area contributed by atoms with E-state index in [4.69, 9.17) is 9.84 Å². The quantitative estimate of drug-likeness (QED) is 0.862. The van der Waals surface area contributed by atoms with Gasteiger partial charge in [0.25, 0.3) is 0 Å². The van der Waals surface area contributed by atoms with E-state index in [0.29, 0.717) is 16.7 Å². The lowest BCUT2D eigenvalue weighted by atomic mass is 10.3. The summed E-state index contributed by atoms with van der Waals surface area (Å²) < 4.78 is 66.7. The number of aliphatic hydroxyl groups is 1. The molecule has 0 fully saturated rings. The van der Waals surface area contributed by atoms with Gasteiger partial charge in [-0.1, -0.05) is 6.07 Å². The highest BCUT2D eigenvalue weighted by Gasteiger charge is 2.40. The average Bonchev–Trinajstić information content (AvgIpc) is 2.38. The van der Waals surface area contributed by atoms with Gasteiger partial charge in [0.2, 0.25) is 10.0 Å². The number of ether oxygens (including phenoxy) is 1. The molecule has 0 saturated heterocycles. The van der Waals surface area contributed by atoms with Gasteiger partial charge in [-0.25, -0.2) is 8.42 Å².